The molecular formula is C10H12O8. The van der Waals surface area contributed by atoms with Crippen molar-refractivity contribution in [3.05, 3.63) is 37.5 Å². The van der Waals surface area contributed by atoms with Gasteiger partial charge in [-0.25, -0.2) is 9.59 Å². The van der Waals surface area contributed by atoms with Gasteiger partial charge in [0.15, 0.2) is 0 Å². The number of hydrogen-bond donors (Lipinski definition) is 4. The maximum atomic E-state index is 10.9. The molecule has 8 nitrogen and oxygen atoms in total. The van der Waals surface area contributed by atoms with Crippen molar-refractivity contribution in [3.8, 4) is 0 Å². The minimum Gasteiger partial charge on any atom is -0.401 e. The molecule has 0 aromatic rings. The zero-order chi connectivity index (χ0) is 14.4. The molecule has 0 rings (SSSR count). The molecule has 0 fully saturated rings. The van der Waals surface area contributed by atoms with Crippen LogP contribution in [0.15, 0.2) is 37.5 Å². The first-order valence-electron chi connectivity index (χ1n) is 4.42. The summed E-state index contributed by atoms with van der Waals surface area (Å²) in [6.07, 6.45) is 2.01. The summed E-state index contributed by atoms with van der Waals surface area (Å²) in [5, 5.41) is 35.3. The van der Waals surface area contributed by atoms with Crippen LogP contribution in [-0.2, 0) is 19.1 Å². The van der Waals surface area contributed by atoms with E-state index in [4.69, 9.17) is 20.4 Å². The van der Waals surface area contributed by atoms with E-state index in [0.29, 0.717) is 24.3 Å². The summed E-state index contributed by atoms with van der Waals surface area (Å²) in [6, 6.07) is 0. The lowest BCUT2D eigenvalue weighted by atomic mass is 10.4. The first-order valence-corrected chi connectivity index (χ1v) is 4.42. The number of rotatable bonds is 6. The third-order valence-electron chi connectivity index (χ3n) is 1.39. The van der Waals surface area contributed by atoms with E-state index in [1.165, 1.54) is 0 Å². The van der Waals surface area contributed by atoms with Crippen molar-refractivity contribution in [1.29, 1.82) is 0 Å². The van der Waals surface area contributed by atoms with Crippen molar-refractivity contribution in [3.63, 3.8) is 0 Å². The van der Waals surface area contributed by atoms with E-state index in [1.807, 2.05) is 0 Å². The standard InChI is InChI=1S/C10H12O8/c1-3-9(13,14)17-7(11)5-6-8(12)18-10(15,16)4-2/h3-6,13-16H,1-2H2/b6-5+. The van der Waals surface area contributed by atoms with Gasteiger partial charge in [0.2, 0.25) is 0 Å². The average molecular weight is 260 g/mol. The van der Waals surface area contributed by atoms with Gasteiger partial charge in [-0.1, -0.05) is 13.2 Å². The van der Waals surface area contributed by atoms with Crippen LogP contribution in [0.2, 0.25) is 0 Å². The second-order valence-corrected chi connectivity index (χ2v) is 2.90. The molecule has 0 unspecified atom stereocenters. The molecule has 0 spiro atoms. The molecule has 0 atom stereocenters. The summed E-state index contributed by atoms with van der Waals surface area (Å²) in [6.45, 7) is 5.94. The molecule has 0 aliphatic carbocycles. The van der Waals surface area contributed by atoms with Crippen molar-refractivity contribution in [1.82, 2.24) is 0 Å². The summed E-state index contributed by atoms with van der Waals surface area (Å²) in [7, 11) is 0. The first-order chi connectivity index (χ1) is 8.12. The van der Waals surface area contributed by atoms with Crippen molar-refractivity contribution in [2.24, 2.45) is 0 Å². The molecule has 18 heavy (non-hydrogen) atoms. The Kier molecular flexibility index (Phi) is 5.40. The second-order valence-electron chi connectivity index (χ2n) is 2.90. The van der Waals surface area contributed by atoms with Crippen LogP contribution >= 0.6 is 0 Å². The molecule has 0 radical (unpaired) electrons. The highest BCUT2D eigenvalue weighted by Gasteiger charge is 2.24. The third kappa shape index (κ3) is 6.55. The Bertz CT molecular complexity index is 343. The number of aliphatic hydroxyl groups is 4. The zero-order valence-electron chi connectivity index (χ0n) is 9.15. The molecule has 0 heterocycles. The van der Waals surface area contributed by atoms with Crippen LogP contribution in [0, 0.1) is 0 Å². The SMILES string of the molecule is C=CC(O)(O)OC(=O)/C=C/C(=O)OC(O)(O)C=C. The highest BCUT2D eigenvalue weighted by atomic mass is 16.8. The van der Waals surface area contributed by atoms with E-state index in [1.54, 1.807) is 0 Å². The minimum atomic E-state index is -2.87. The predicted molar refractivity (Wildman–Crippen MR) is 56.1 cm³/mol. The van der Waals surface area contributed by atoms with E-state index in [-0.39, 0.29) is 0 Å². The molecule has 0 amide bonds. The third-order valence-corrected chi connectivity index (χ3v) is 1.39. The van der Waals surface area contributed by atoms with Gasteiger partial charge in [0, 0.05) is 24.3 Å². The lowest BCUT2D eigenvalue weighted by Gasteiger charge is -2.16. The van der Waals surface area contributed by atoms with Gasteiger partial charge in [-0.05, 0) is 0 Å². The fourth-order valence-corrected chi connectivity index (χ4v) is 0.584. The van der Waals surface area contributed by atoms with Gasteiger partial charge in [-0.2, -0.15) is 0 Å². The Balaban J connectivity index is 4.40. The molecule has 100 valence electrons. The lowest BCUT2D eigenvalue weighted by Crippen LogP contribution is -2.32. The van der Waals surface area contributed by atoms with Crippen molar-refractivity contribution < 1.29 is 39.5 Å². The van der Waals surface area contributed by atoms with Gasteiger partial charge >= 0.3 is 23.9 Å². The van der Waals surface area contributed by atoms with Crippen LogP contribution in [0.4, 0.5) is 0 Å². The number of ether oxygens (including phenoxy) is 2. The summed E-state index contributed by atoms with van der Waals surface area (Å²) >= 11 is 0. The number of carbonyl (C=O) groups is 2. The lowest BCUT2D eigenvalue weighted by molar-refractivity contribution is -0.285. The summed E-state index contributed by atoms with van der Waals surface area (Å²) < 4.78 is 8.02. The minimum absolute atomic E-state index is 0.478. The van der Waals surface area contributed by atoms with Gasteiger partial charge in [0.25, 0.3) is 0 Å². The summed E-state index contributed by atoms with van der Waals surface area (Å²) in [4.78, 5) is 21.9. The van der Waals surface area contributed by atoms with E-state index >= 15 is 0 Å². The Morgan fingerprint density at radius 2 is 1.11 bits per heavy atom. The van der Waals surface area contributed by atoms with Gasteiger partial charge < -0.3 is 29.9 Å². The molecule has 0 aliphatic rings. The highest BCUT2D eigenvalue weighted by molar-refractivity contribution is 5.91. The highest BCUT2D eigenvalue weighted by Crippen LogP contribution is 2.05. The fourth-order valence-electron chi connectivity index (χ4n) is 0.584. The normalized spacial score (nSPS) is 12.0. The van der Waals surface area contributed by atoms with E-state index in [2.05, 4.69) is 22.6 Å². The van der Waals surface area contributed by atoms with Crippen LogP contribution in [-0.4, -0.2) is 44.3 Å². The number of carbonyl (C=O) groups excluding carboxylic acids is 2. The molecule has 0 bridgehead atoms. The van der Waals surface area contributed by atoms with Crippen molar-refractivity contribution in [2.45, 2.75) is 11.9 Å². The van der Waals surface area contributed by atoms with Gasteiger partial charge in [-0.15, -0.1) is 0 Å². The van der Waals surface area contributed by atoms with Crippen molar-refractivity contribution >= 4 is 11.9 Å². The smallest absolute Gasteiger partial charge is 0.346 e. The molecule has 0 aliphatic heterocycles. The Morgan fingerprint density at radius 1 is 0.833 bits per heavy atom. The average Bonchev–Trinajstić information content (AvgIpc) is 2.25. The Morgan fingerprint density at radius 3 is 1.33 bits per heavy atom. The first kappa shape index (κ1) is 16.0. The number of hydrogen-bond acceptors (Lipinski definition) is 8. The van der Waals surface area contributed by atoms with Crippen LogP contribution in [0.25, 0.3) is 0 Å². The van der Waals surface area contributed by atoms with E-state index in [0.717, 1.165) is 0 Å². The summed E-state index contributed by atoms with van der Waals surface area (Å²) in [5.74, 6) is -8.33. The van der Waals surface area contributed by atoms with Crippen LogP contribution in [0.1, 0.15) is 0 Å². The largest absolute Gasteiger partial charge is 0.401 e. The van der Waals surface area contributed by atoms with Gasteiger partial charge in [0.05, 0.1) is 0 Å². The van der Waals surface area contributed by atoms with Gasteiger partial charge in [0.1, 0.15) is 0 Å². The molecule has 0 saturated heterocycles. The summed E-state index contributed by atoms with van der Waals surface area (Å²) in [5.41, 5.74) is 0. The molecule has 0 aromatic carbocycles. The Hall–Kier alpha value is -2.00. The fraction of sp³-hybridized carbons (Fsp3) is 0.200. The molecular weight excluding hydrogens is 248 g/mol. The molecule has 4 N–H and O–H groups in total. The monoisotopic (exact) mass is 260 g/mol. The Labute approximate surface area is 102 Å². The van der Waals surface area contributed by atoms with Crippen LogP contribution in [0.5, 0.6) is 0 Å². The van der Waals surface area contributed by atoms with E-state index < -0.39 is 23.9 Å². The quantitative estimate of drug-likeness (QED) is 0.192. The predicted octanol–water partition coefficient (Wildman–Crippen LogP) is -1.72. The van der Waals surface area contributed by atoms with Crippen molar-refractivity contribution in [2.75, 3.05) is 0 Å². The molecule has 0 aromatic heterocycles. The molecule has 0 saturated carbocycles. The topological polar surface area (TPSA) is 134 Å². The maximum Gasteiger partial charge on any atom is 0.346 e. The van der Waals surface area contributed by atoms with E-state index in [9.17, 15) is 9.59 Å². The maximum absolute atomic E-state index is 10.9. The zero-order valence-corrected chi connectivity index (χ0v) is 9.15. The number of esters is 2. The molecule has 8 heteroatoms. The second kappa shape index (κ2) is 6.07. The van der Waals surface area contributed by atoms with Gasteiger partial charge in [-0.3, -0.25) is 0 Å². The van der Waals surface area contributed by atoms with Crippen LogP contribution in [0.3, 0.4) is 0 Å². The van der Waals surface area contributed by atoms with Crippen LogP contribution < -0.4 is 0 Å².